The van der Waals surface area contributed by atoms with E-state index in [4.69, 9.17) is 4.99 Å². The molecule has 6 aromatic rings. The van der Waals surface area contributed by atoms with Gasteiger partial charge < -0.3 is 5.32 Å². The van der Waals surface area contributed by atoms with Crippen LogP contribution in [0, 0.1) is 0 Å². The normalized spacial score (nSPS) is 16.5. The molecule has 238 valence electrons. The first kappa shape index (κ1) is 32.4. The lowest BCUT2D eigenvalue weighted by molar-refractivity contribution is 0.329. The summed E-state index contributed by atoms with van der Waals surface area (Å²) < 4.78 is 0. The molecule has 6 aromatic carbocycles. The van der Waals surface area contributed by atoms with Crippen molar-refractivity contribution in [3.05, 3.63) is 181 Å². The van der Waals surface area contributed by atoms with E-state index >= 15 is 0 Å². The van der Waals surface area contributed by atoms with Gasteiger partial charge in [0.2, 0.25) is 0 Å². The largest absolute Gasteiger partial charge is 0.308 e. The van der Waals surface area contributed by atoms with E-state index in [9.17, 15) is 0 Å². The van der Waals surface area contributed by atoms with Gasteiger partial charge in [0, 0.05) is 24.4 Å². The highest BCUT2D eigenvalue weighted by Crippen LogP contribution is 2.35. The van der Waals surface area contributed by atoms with E-state index in [1.54, 1.807) is 0 Å². The van der Waals surface area contributed by atoms with Gasteiger partial charge in [-0.1, -0.05) is 183 Å². The van der Waals surface area contributed by atoms with Crippen molar-refractivity contribution in [3.63, 3.8) is 0 Å². The highest BCUT2D eigenvalue weighted by molar-refractivity contribution is 7.80. The first-order valence-corrected chi connectivity index (χ1v) is 19.8. The second-order valence-electron chi connectivity index (χ2n) is 12.3. The van der Waals surface area contributed by atoms with Gasteiger partial charge in [-0.3, -0.25) is 4.99 Å². The monoisotopic (exact) mass is 660 g/mol. The Morgan fingerprint density at radius 3 is 1.50 bits per heavy atom. The van der Waals surface area contributed by atoms with Crippen LogP contribution in [0.5, 0.6) is 0 Å². The van der Waals surface area contributed by atoms with Crippen LogP contribution < -0.4 is 37.1 Å². The maximum Gasteiger partial charge on any atom is 0.0652 e. The van der Waals surface area contributed by atoms with Crippen molar-refractivity contribution in [2.75, 3.05) is 0 Å². The molecule has 1 saturated carbocycles. The standard InChI is InChI=1S/C44H42N2P2/c1-5-21-37(22-6-1)47(38-23-7-2-8-24-38)43-31-17-13-19-35(43)33-45-41-29-15-16-30-42(41)46-34-36-20-14-18-32-44(36)48(39-25-9-3-10-26-39)40-27-11-4-12-28-40/h1-14,17-28,31-33,41-42,46H,15-16,29-30,34H2. The van der Waals surface area contributed by atoms with Gasteiger partial charge in [-0.25, -0.2) is 0 Å². The molecule has 0 saturated heterocycles. The highest BCUT2D eigenvalue weighted by atomic mass is 31.1. The van der Waals surface area contributed by atoms with Gasteiger partial charge in [-0.2, -0.15) is 0 Å². The van der Waals surface area contributed by atoms with Crippen LogP contribution in [-0.4, -0.2) is 18.3 Å². The van der Waals surface area contributed by atoms with Crippen molar-refractivity contribution in [2.45, 2.75) is 44.3 Å². The molecule has 0 bridgehead atoms. The number of rotatable bonds is 11. The number of nitrogens with zero attached hydrogens (tertiary/aromatic N) is 1. The molecule has 1 aliphatic carbocycles. The summed E-state index contributed by atoms with van der Waals surface area (Å²) in [5.74, 6) is 0. The van der Waals surface area contributed by atoms with E-state index in [0.29, 0.717) is 6.04 Å². The molecular formula is C44H42N2P2. The average Bonchev–Trinajstić information content (AvgIpc) is 3.16. The Hall–Kier alpha value is -4.19. The topological polar surface area (TPSA) is 24.4 Å². The lowest BCUT2D eigenvalue weighted by Gasteiger charge is -2.30. The molecule has 0 amide bonds. The minimum atomic E-state index is -0.698. The van der Waals surface area contributed by atoms with E-state index in [1.807, 2.05) is 0 Å². The Bertz CT molecular complexity index is 1820. The summed E-state index contributed by atoms with van der Waals surface area (Å²) in [4.78, 5) is 5.36. The van der Waals surface area contributed by atoms with Crippen LogP contribution in [0.15, 0.2) is 175 Å². The maximum atomic E-state index is 5.36. The number of hydrogen-bond acceptors (Lipinski definition) is 2. The van der Waals surface area contributed by atoms with E-state index < -0.39 is 15.8 Å². The molecule has 0 heterocycles. The Kier molecular flexibility index (Phi) is 11.0. The molecule has 0 spiro atoms. The van der Waals surface area contributed by atoms with Crippen molar-refractivity contribution >= 4 is 53.9 Å². The number of nitrogens with one attached hydrogen (secondary N) is 1. The van der Waals surface area contributed by atoms with Crippen molar-refractivity contribution in [3.8, 4) is 0 Å². The molecule has 48 heavy (non-hydrogen) atoms. The van der Waals surface area contributed by atoms with Gasteiger partial charge in [0.1, 0.15) is 0 Å². The van der Waals surface area contributed by atoms with Crippen molar-refractivity contribution in [2.24, 2.45) is 4.99 Å². The van der Waals surface area contributed by atoms with Crippen molar-refractivity contribution < 1.29 is 0 Å². The fourth-order valence-corrected chi connectivity index (χ4v) is 11.7. The van der Waals surface area contributed by atoms with Crippen molar-refractivity contribution in [1.29, 1.82) is 0 Å². The van der Waals surface area contributed by atoms with Crippen LogP contribution in [0.1, 0.15) is 36.8 Å². The fraction of sp³-hybridized carbons (Fsp3) is 0.159. The lowest BCUT2D eigenvalue weighted by Crippen LogP contribution is -2.41. The van der Waals surface area contributed by atoms with Gasteiger partial charge in [0.15, 0.2) is 0 Å². The zero-order valence-corrected chi connectivity index (χ0v) is 29.1. The molecule has 1 N–H and O–H groups in total. The van der Waals surface area contributed by atoms with E-state index in [0.717, 1.165) is 19.4 Å². The zero-order chi connectivity index (χ0) is 32.4. The molecule has 0 aromatic heterocycles. The third kappa shape index (κ3) is 7.75. The van der Waals surface area contributed by atoms with Crippen LogP contribution in [0.25, 0.3) is 0 Å². The summed E-state index contributed by atoms with van der Waals surface area (Å²) in [6, 6.07) is 62.5. The van der Waals surface area contributed by atoms with E-state index in [-0.39, 0.29) is 6.04 Å². The average molecular weight is 661 g/mol. The summed E-state index contributed by atoms with van der Waals surface area (Å²) in [6.07, 6.45) is 6.92. The second kappa shape index (κ2) is 16.3. The molecule has 7 rings (SSSR count). The minimum absolute atomic E-state index is 0.253. The van der Waals surface area contributed by atoms with E-state index in [2.05, 4.69) is 181 Å². The van der Waals surface area contributed by atoms with Gasteiger partial charge in [-0.15, -0.1) is 0 Å². The van der Waals surface area contributed by atoms with E-state index in [1.165, 1.54) is 55.8 Å². The Morgan fingerprint density at radius 1 is 0.500 bits per heavy atom. The fourth-order valence-electron chi connectivity index (χ4n) is 6.79. The van der Waals surface area contributed by atoms with Crippen LogP contribution in [0.3, 0.4) is 0 Å². The molecule has 2 atom stereocenters. The number of hydrogen-bond donors (Lipinski definition) is 1. The smallest absolute Gasteiger partial charge is 0.0652 e. The molecule has 2 unspecified atom stereocenters. The lowest BCUT2D eigenvalue weighted by atomic mass is 9.90. The summed E-state index contributed by atoms with van der Waals surface area (Å²) in [6.45, 7) is 0.843. The van der Waals surface area contributed by atoms with Crippen LogP contribution >= 0.6 is 15.8 Å². The SMILES string of the molecule is C(=NC1CCCCC1NCc1ccccc1P(c1ccccc1)c1ccccc1)c1ccccc1P(c1ccccc1)c1ccccc1. The van der Waals surface area contributed by atoms with Crippen LogP contribution in [0.4, 0.5) is 0 Å². The molecule has 1 fully saturated rings. The summed E-state index contributed by atoms with van der Waals surface area (Å²) in [7, 11) is -1.36. The quantitative estimate of drug-likeness (QED) is 0.112. The molecule has 4 heteroatoms. The minimum Gasteiger partial charge on any atom is -0.308 e. The Labute approximate surface area is 288 Å². The van der Waals surface area contributed by atoms with Crippen molar-refractivity contribution in [1.82, 2.24) is 5.32 Å². The Morgan fingerprint density at radius 2 is 0.938 bits per heavy atom. The Balaban J connectivity index is 1.14. The predicted octanol–water partition coefficient (Wildman–Crippen LogP) is 7.72. The number of benzene rings is 6. The van der Waals surface area contributed by atoms with Gasteiger partial charge in [0.05, 0.1) is 6.04 Å². The first-order valence-electron chi connectivity index (χ1n) is 17.1. The summed E-state index contributed by atoms with van der Waals surface area (Å²) in [5, 5.41) is 12.3. The van der Waals surface area contributed by atoms with Gasteiger partial charge in [0.25, 0.3) is 0 Å². The zero-order valence-electron chi connectivity index (χ0n) is 27.3. The molecule has 2 nitrogen and oxygen atoms in total. The third-order valence-corrected chi connectivity index (χ3v) is 14.2. The molecule has 1 aliphatic rings. The van der Waals surface area contributed by atoms with Crippen LogP contribution in [0.2, 0.25) is 0 Å². The van der Waals surface area contributed by atoms with Crippen LogP contribution in [-0.2, 0) is 6.54 Å². The highest BCUT2D eigenvalue weighted by Gasteiger charge is 2.26. The number of aliphatic imine (C=N–C) groups is 1. The maximum absolute atomic E-state index is 5.36. The first-order chi connectivity index (χ1) is 23.8. The molecule has 0 radical (unpaired) electrons. The summed E-state index contributed by atoms with van der Waals surface area (Å²) in [5.41, 5.74) is 2.61. The molecule has 0 aliphatic heterocycles. The summed E-state index contributed by atoms with van der Waals surface area (Å²) >= 11 is 0. The molecular weight excluding hydrogens is 618 g/mol. The van der Waals surface area contributed by atoms with Gasteiger partial charge in [-0.05, 0) is 66.1 Å². The predicted molar refractivity (Wildman–Crippen MR) is 211 cm³/mol. The van der Waals surface area contributed by atoms with Gasteiger partial charge >= 0.3 is 0 Å². The third-order valence-electron chi connectivity index (χ3n) is 9.16. The second-order valence-corrected chi connectivity index (χ2v) is 16.7.